The SMILES string of the molecule is Cc1cccc(C(=O)NCC2CCC(=O)N2)c1. The third-order valence-corrected chi connectivity index (χ3v) is 2.87. The lowest BCUT2D eigenvalue weighted by Gasteiger charge is -2.11. The highest BCUT2D eigenvalue weighted by Gasteiger charge is 2.20. The second-order valence-electron chi connectivity index (χ2n) is 4.38. The molecule has 0 saturated carbocycles. The van der Waals surface area contributed by atoms with Crippen LogP contribution < -0.4 is 10.6 Å². The Labute approximate surface area is 100 Å². The summed E-state index contributed by atoms with van der Waals surface area (Å²) in [5, 5.41) is 5.65. The van der Waals surface area contributed by atoms with Crippen LogP contribution in [-0.4, -0.2) is 24.4 Å². The van der Waals surface area contributed by atoms with Gasteiger partial charge < -0.3 is 10.6 Å². The second kappa shape index (κ2) is 4.99. The van der Waals surface area contributed by atoms with Gasteiger partial charge in [0.15, 0.2) is 0 Å². The van der Waals surface area contributed by atoms with E-state index in [0.717, 1.165) is 12.0 Å². The molecule has 90 valence electrons. The van der Waals surface area contributed by atoms with Gasteiger partial charge in [0, 0.05) is 24.6 Å². The van der Waals surface area contributed by atoms with Crippen LogP contribution in [0.5, 0.6) is 0 Å². The first kappa shape index (κ1) is 11.6. The molecule has 0 spiro atoms. The lowest BCUT2D eigenvalue weighted by atomic mass is 10.1. The first-order chi connectivity index (χ1) is 8.15. The van der Waals surface area contributed by atoms with E-state index < -0.39 is 0 Å². The molecule has 0 radical (unpaired) electrons. The molecular weight excluding hydrogens is 216 g/mol. The van der Waals surface area contributed by atoms with Crippen molar-refractivity contribution in [2.45, 2.75) is 25.8 Å². The van der Waals surface area contributed by atoms with Crippen molar-refractivity contribution in [2.24, 2.45) is 0 Å². The standard InChI is InChI=1S/C13H16N2O2/c1-9-3-2-4-10(7-9)13(17)14-8-11-5-6-12(16)15-11/h2-4,7,11H,5-6,8H2,1H3,(H,14,17)(H,15,16). The van der Waals surface area contributed by atoms with E-state index in [2.05, 4.69) is 10.6 Å². The molecule has 0 bridgehead atoms. The first-order valence-corrected chi connectivity index (χ1v) is 5.79. The van der Waals surface area contributed by atoms with Crippen LogP contribution >= 0.6 is 0 Å². The van der Waals surface area contributed by atoms with E-state index in [1.165, 1.54) is 0 Å². The van der Waals surface area contributed by atoms with E-state index in [9.17, 15) is 9.59 Å². The van der Waals surface area contributed by atoms with Crippen LogP contribution in [0.1, 0.15) is 28.8 Å². The fourth-order valence-electron chi connectivity index (χ4n) is 1.93. The van der Waals surface area contributed by atoms with Gasteiger partial charge in [0.25, 0.3) is 5.91 Å². The molecular formula is C13H16N2O2. The monoisotopic (exact) mass is 232 g/mol. The molecule has 4 heteroatoms. The molecule has 1 saturated heterocycles. The smallest absolute Gasteiger partial charge is 0.251 e. The number of carbonyl (C=O) groups is 2. The molecule has 2 amide bonds. The first-order valence-electron chi connectivity index (χ1n) is 5.79. The molecule has 1 fully saturated rings. The van der Waals surface area contributed by atoms with Crippen LogP contribution in [0.4, 0.5) is 0 Å². The maximum atomic E-state index is 11.8. The average Bonchev–Trinajstić information content (AvgIpc) is 2.72. The Morgan fingerprint density at radius 3 is 3.00 bits per heavy atom. The minimum atomic E-state index is -0.0881. The van der Waals surface area contributed by atoms with Crippen molar-refractivity contribution in [3.05, 3.63) is 35.4 Å². The molecule has 0 aliphatic carbocycles. The molecule has 2 N–H and O–H groups in total. The largest absolute Gasteiger partial charge is 0.352 e. The lowest BCUT2D eigenvalue weighted by molar-refractivity contribution is -0.119. The highest BCUT2D eigenvalue weighted by molar-refractivity contribution is 5.94. The summed E-state index contributed by atoms with van der Waals surface area (Å²) in [6, 6.07) is 7.53. The van der Waals surface area contributed by atoms with Crippen molar-refractivity contribution in [1.29, 1.82) is 0 Å². The van der Waals surface area contributed by atoms with Crippen molar-refractivity contribution in [2.75, 3.05) is 6.54 Å². The summed E-state index contributed by atoms with van der Waals surface area (Å²) in [4.78, 5) is 22.8. The minimum Gasteiger partial charge on any atom is -0.352 e. The Morgan fingerprint density at radius 1 is 1.53 bits per heavy atom. The summed E-state index contributed by atoms with van der Waals surface area (Å²) in [5.74, 6) is -0.0188. The topological polar surface area (TPSA) is 58.2 Å². The molecule has 1 aromatic rings. The molecule has 2 rings (SSSR count). The fourth-order valence-corrected chi connectivity index (χ4v) is 1.93. The van der Waals surface area contributed by atoms with Crippen molar-refractivity contribution in [1.82, 2.24) is 10.6 Å². The van der Waals surface area contributed by atoms with Gasteiger partial charge in [0.2, 0.25) is 5.91 Å². The van der Waals surface area contributed by atoms with Gasteiger partial charge in [0.1, 0.15) is 0 Å². The summed E-state index contributed by atoms with van der Waals surface area (Å²) in [6.07, 6.45) is 1.36. The van der Waals surface area contributed by atoms with E-state index in [1.807, 2.05) is 25.1 Å². The van der Waals surface area contributed by atoms with Gasteiger partial charge in [-0.15, -0.1) is 0 Å². The molecule has 17 heavy (non-hydrogen) atoms. The number of rotatable bonds is 3. The van der Waals surface area contributed by atoms with Gasteiger partial charge in [-0.25, -0.2) is 0 Å². The zero-order chi connectivity index (χ0) is 12.3. The third kappa shape index (κ3) is 3.06. The van der Waals surface area contributed by atoms with E-state index >= 15 is 0 Å². The quantitative estimate of drug-likeness (QED) is 0.817. The average molecular weight is 232 g/mol. The van der Waals surface area contributed by atoms with Gasteiger partial charge in [-0.05, 0) is 25.5 Å². The predicted octanol–water partition coefficient (Wildman–Crippen LogP) is 1.00. The van der Waals surface area contributed by atoms with Crippen molar-refractivity contribution < 1.29 is 9.59 Å². The Bertz CT molecular complexity index is 443. The molecule has 1 aromatic carbocycles. The van der Waals surface area contributed by atoms with Crippen LogP contribution in [0.3, 0.4) is 0 Å². The fraction of sp³-hybridized carbons (Fsp3) is 0.385. The number of nitrogens with one attached hydrogen (secondary N) is 2. The predicted molar refractivity (Wildman–Crippen MR) is 64.7 cm³/mol. The van der Waals surface area contributed by atoms with Crippen LogP contribution in [-0.2, 0) is 4.79 Å². The second-order valence-corrected chi connectivity index (χ2v) is 4.38. The lowest BCUT2D eigenvalue weighted by Crippen LogP contribution is -2.38. The summed E-state index contributed by atoms with van der Waals surface area (Å²) < 4.78 is 0. The molecule has 1 unspecified atom stereocenters. The molecule has 0 aromatic heterocycles. The van der Waals surface area contributed by atoms with E-state index in [4.69, 9.17) is 0 Å². The van der Waals surface area contributed by atoms with Crippen LogP contribution in [0, 0.1) is 6.92 Å². The summed E-state index contributed by atoms with van der Waals surface area (Å²) in [5.41, 5.74) is 1.72. The summed E-state index contributed by atoms with van der Waals surface area (Å²) in [6.45, 7) is 2.45. The Morgan fingerprint density at radius 2 is 2.35 bits per heavy atom. The summed E-state index contributed by atoms with van der Waals surface area (Å²) in [7, 11) is 0. The number of hydrogen-bond acceptors (Lipinski definition) is 2. The Balaban J connectivity index is 1.87. The minimum absolute atomic E-state index is 0.0693. The molecule has 1 atom stereocenters. The van der Waals surface area contributed by atoms with Crippen LogP contribution in [0.25, 0.3) is 0 Å². The van der Waals surface area contributed by atoms with Gasteiger partial charge in [0.05, 0.1) is 0 Å². The zero-order valence-electron chi connectivity index (χ0n) is 9.82. The van der Waals surface area contributed by atoms with Crippen LogP contribution in [0.2, 0.25) is 0 Å². The highest BCUT2D eigenvalue weighted by Crippen LogP contribution is 2.06. The van der Waals surface area contributed by atoms with Crippen LogP contribution in [0.15, 0.2) is 24.3 Å². The highest BCUT2D eigenvalue weighted by atomic mass is 16.2. The number of benzene rings is 1. The van der Waals surface area contributed by atoms with Gasteiger partial charge in [-0.3, -0.25) is 9.59 Å². The Hall–Kier alpha value is -1.84. The van der Waals surface area contributed by atoms with Gasteiger partial charge in [-0.2, -0.15) is 0 Å². The number of aryl methyl sites for hydroxylation is 1. The molecule has 1 heterocycles. The van der Waals surface area contributed by atoms with Gasteiger partial charge in [-0.1, -0.05) is 17.7 Å². The maximum absolute atomic E-state index is 11.8. The summed E-state index contributed by atoms with van der Waals surface area (Å²) >= 11 is 0. The van der Waals surface area contributed by atoms with Crippen molar-refractivity contribution in [3.8, 4) is 0 Å². The van der Waals surface area contributed by atoms with Crippen molar-refractivity contribution in [3.63, 3.8) is 0 Å². The van der Waals surface area contributed by atoms with Crippen molar-refractivity contribution >= 4 is 11.8 Å². The zero-order valence-corrected chi connectivity index (χ0v) is 9.82. The molecule has 1 aliphatic heterocycles. The van der Waals surface area contributed by atoms with E-state index in [0.29, 0.717) is 18.5 Å². The number of hydrogen-bond donors (Lipinski definition) is 2. The maximum Gasteiger partial charge on any atom is 0.251 e. The number of carbonyl (C=O) groups excluding carboxylic acids is 2. The number of amides is 2. The normalized spacial score (nSPS) is 18.9. The van der Waals surface area contributed by atoms with E-state index in [-0.39, 0.29) is 17.9 Å². The molecule has 1 aliphatic rings. The Kier molecular flexibility index (Phi) is 3.42. The molecule has 4 nitrogen and oxygen atoms in total. The van der Waals surface area contributed by atoms with Gasteiger partial charge >= 0.3 is 0 Å². The van der Waals surface area contributed by atoms with E-state index in [1.54, 1.807) is 6.07 Å². The third-order valence-electron chi connectivity index (χ3n) is 2.87.